The van der Waals surface area contributed by atoms with Gasteiger partial charge in [0.2, 0.25) is 0 Å². The number of fused-ring (bicyclic) bond motifs is 1. The highest BCUT2D eigenvalue weighted by atomic mass is 16.5. The van der Waals surface area contributed by atoms with E-state index >= 15 is 0 Å². The van der Waals surface area contributed by atoms with Crippen molar-refractivity contribution in [2.24, 2.45) is 5.92 Å². The average Bonchev–Trinajstić information content (AvgIpc) is 2.89. The smallest absolute Gasteiger partial charge is 0.252 e. The maximum Gasteiger partial charge on any atom is 0.252 e. The largest absolute Gasteiger partial charge is 0.633 e. The molecule has 1 aromatic heterocycles. The van der Waals surface area contributed by atoms with Crippen molar-refractivity contribution in [2.45, 2.75) is 64.3 Å². The summed E-state index contributed by atoms with van der Waals surface area (Å²) in [5.41, 5.74) is 3.94. The summed E-state index contributed by atoms with van der Waals surface area (Å²) in [6.07, 6.45) is 10.5. The number of piperidine rings is 1. The summed E-state index contributed by atoms with van der Waals surface area (Å²) in [4.78, 5) is 18.8. The first-order valence-corrected chi connectivity index (χ1v) is 13.5. The van der Waals surface area contributed by atoms with E-state index in [-0.39, 0.29) is 17.1 Å². The fourth-order valence-electron chi connectivity index (χ4n) is 5.99. The van der Waals surface area contributed by atoms with E-state index in [2.05, 4.69) is 5.32 Å². The van der Waals surface area contributed by atoms with Crippen molar-refractivity contribution in [3.63, 3.8) is 0 Å². The number of hydrogen-bond donors (Lipinski definition) is 1. The third-order valence-electron chi connectivity index (χ3n) is 7.91. The fraction of sp³-hybridized carbons (Fsp3) is 0.467. The van der Waals surface area contributed by atoms with Gasteiger partial charge in [0.25, 0.3) is 5.91 Å². The van der Waals surface area contributed by atoms with Gasteiger partial charge in [0.15, 0.2) is 0 Å². The van der Waals surface area contributed by atoms with E-state index in [1.54, 1.807) is 0 Å². The predicted molar refractivity (Wildman–Crippen MR) is 142 cm³/mol. The Hall–Kier alpha value is -2.76. The Kier molecular flexibility index (Phi) is 7.45. The lowest BCUT2D eigenvalue weighted by Crippen LogP contribution is -2.46. The van der Waals surface area contributed by atoms with E-state index in [0.29, 0.717) is 31.1 Å². The van der Waals surface area contributed by atoms with Crippen LogP contribution in [0.4, 0.5) is 0 Å². The van der Waals surface area contributed by atoms with Gasteiger partial charge in [-0.1, -0.05) is 80.6 Å². The number of pyridine rings is 1. The molecule has 1 saturated heterocycles. The number of hydrogen-bond acceptors (Lipinski definition) is 3. The van der Waals surface area contributed by atoms with Gasteiger partial charge < -0.3 is 15.2 Å². The highest BCUT2D eigenvalue weighted by Gasteiger charge is 2.29. The average molecular weight is 472 g/mol. The molecular weight excluding hydrogens is 434 g/mol. The van der Waals surface area contributed by atoms with Gasteiger partial charge in [-0.2, -0.15) is 0 Å². The second-order valence-electron chi connectivity index (χ2n) is 10.5. The number of quaternary nitrogens is 1. The van der Waals surface area contributed by atoms with Crippen molar-refractivity contribution < 1.29 is 9.44 Å². The number of rotatable bonds is 7. The Morgan fingerprint density at radius 3 is 2.37 bits per heavy atom. The van der Waals surface area contributed by atoms with Gasteiger partial charge >= 0.3 is 0 Å². The van der Waals surface area contributed by atoms with Crippen molar-refractivity contribution >= 4 is 16.8 Å². The maximum absolute atomic E-state index is 13.8. The van der Waals surface area contributed by atoms with Crippen LogP contribution < -0.4 is 5.32 Å². The van der Waals surface area contributed by atoms with Crippen LogP contribution in [0.15, 0.2) is 54.6 Å². The first-order chi connectivity index (χ1) is 17.1. The van der Waals surface area contributed by atoms with Gasteiger partial charge in [-0.05, 0) is 37.7 Å². The van der Waals surface area contributed by atoms with Crippen LogP contribution in [0.3, 0.4) is 0 Å². The summed E-state index contributed by atoms with van der Waals surface area (Å²) in [6, 6.07) is 17.9. The standard InChI is InChI=1S/C30H37N3O2/c34-30(31-19-18-23-12-4-1-5-13-23)28-25-16-8-9-17-27(25)32-29(24-14-6-2-7-15-24)26(28)22-33(35)20-10-3-11-21-33/h2,6-9,14-17,23H,1,3-5,10-13,18-22H2,(H,31,34). The molecule has 1 N–H and O–H groups in total. The zero-order valence-corrected chi connectivity index (χ0v) is 20.7. The van der Waals surface area contributed by atoms with Gasteiger partial charge in [-0.15, -0.1) is 0 Å². The topological polar surface area (TPSA) is 65.0 Å². The maximum atomic E-state index is 13.8. The number of hydroxylamine groups is 3. The Balaban J connectivity index is 1.54. The van der Waals surface area contributed by atoms with Crippen LogP contribution in [0.2, 0.25) is 0 Å². The molecular formula is C30H37N3O2. The normalized spacial score (nSPS) is 18.4. The Morgan fingerprint density at radius 1 is 0.914 bits per heavy atom. The van der Waals surface area contributed by atoms with Crippen molar-refractivity contribution in [1.82, 2.24) is 10.3 Å². The van der Waals surface area contributed by atoms with Gasteiger partial charge in [0.05, 0.1) is 29.9 Å². The van der Waals surface area contributed by atoms with Gasteiger partial charge in [-0.25, -0.2) is 4.98 Å². The summed E-state index contributed by atoms with van der Waals surface area (Å²) in [7, 11) is 0. The minimum absolute atomic E-state index is 0.0739. The number of nitrogens with zero attached hydrogens (tertiary/aromatic N) is 2. The Bertz CT molecular complexity index is 1150. The third-order valence-corrected chi connectivity index (χ3v) is 7.91. The molecule has 0 radical (unpaired) electrons. The van der Waals surface area contributed by atoms with Gasteiger partial charge in [0, 0.05) is 23.1 Å². The molecule has 5 rings (SSSR count). The molecule has 2 fully saturated rings. The zero-order valence-electron chi connectivity index (χ0n) is 20.7. The number of likely N-dealkylation sites (tertiary alicyclic amines) is 1. The molecule has 1 aliphatic carbocycles. The van der Waals surface area contributed by atoms with Gasteiger partial charge in [0.1, 0.15) is 6.54 Å². The number of para-hydroxylation sites is 1. The number of aromatic nitrogens is 1. The highest BCUT2D eigenvalue weighted by molar-refractivity contribution is 6.09. The van der Waals surface area contributed by atoms with E-state index in [1.807, 2.05) is 54.6 Å². The lowest BCUT2D eigenvalue weighted by Gasteiger charge is -2.46. The summed E-state index contributed by atoms with van der Waals surface area (Å²) in [5.74, 6) is 0.636. The molecule has 2 aliphatic rings. The molecule has 0 bridgehead atoms. The summed E-state index contributed by atoms with van der Waals surface area (Å²) < 4.78 is -0.276. The highest BCUT2D eigenvalue weighted by Crippen LogP contribution is 2.34. The van der Waals surface area contributed by atoms with E-state index < -0.39 is 0 Å². The predicted octanol–water partition coefficient (Wildman–Crippen LogP) is 6.60. The molecule has 1 aliphatic heterocycles. The molecule has 0 spiro atoms. The van der Waals surface area contributed by atoms with Crippen LogP contribution in [0.25, 0.3) is 22.2 Å². The number of carbonyl (C=O) groups is 1. The molecule has 1 saturated carbocycles. The Morgan fingerprint density at radius 2 is 1.60 bits per heavy atom. The number of benzene rings is 2. The fourth-order valence-corrected chi connectivity index (χ4v) is 5.99. The molecule has 2 aromatic carbocycles. The number of carbonyl (C=O) groups excluding carboxylic acids is 1. The van der Waals surface area contributed by atoms with E-state index in [4.69, 9.17) is 4.98 Å². The first kappa shape index (κ1) is 24.0. The van der Waals surface area contributed by atoms with Crippen LogP contribution >= 0.6 is 0 Å². The van der Waals surface area contributed by atoms with E-state index in [9.17, 15) is 10.0 Å². The molecule has 35 heavy (non-hydrogen) atoms. The van der Waals surface area contributed by atoms with Crippen molar-refractivity contribution in [3.8, 4) is 11.3 Å². The van der Waals surface area contributed by atoms with Crippen LogP contribution in [0.1, 0.15) is 73.7 Å². The van der Waals surface area contributed by atoms with Crippen LogP contribution in [-0.2, 0) is 6.54 Å². The molecule has 3 aromatic rings. The first-order valence-electron chi connectivity index (χ1n) is 13.5. The number of nitrogens with one attached hydrogen (secondary N) is 1. The van der Waals surface area contributed by atoms with Crippen molar-refractivity contribution in [2.75, 3.05) is 19.6 Å². The van der Waals surface area contributed by atoms with Crippen molar-refractivity contribution in [1.29, 1.82) is 0 Å². The molecule has 2 heterocycles. The molecule has 1 amide bonds. The minimum Gasteiger partial charge on any atom is -0.633 e. The molecule has 184 valence electrons. The number of amides is 1. The molecule has 0 atom stereocenters. The van der Waals surface area contributed by atoms with Crippen LogP contribution in [0, 0.1) is 11.1 Å². The zero-order chi connectivity index (χ0) is 24.1. The lowest BCUT2D eigenvalue weighted by atomic mass is 9.87. The van der Waals surface area contributed by atoms with Crippen LogP contribution in [-0.4, -0.2) is 35.2 Å². The molecule has 0 unspecified atom stereocenters. The van der Waals surface area contributed by atoms with Crippen molar-refractivity contribution in [3.05, 3.63) is 70.9 Å². The Labute approximate surface area is 208 Å². The second-order valence-corrected chi connectivity index (χ2v) is 10.5. The van der Waals surface area contributed by atoms with Crippen LogP contribution in [0.5, 0.6) is 0 Å². The quantitative estimate of drug-likeness (QED) is 0.312. The summed E-state index contributed by atoms with van der Waals surface area (Å²) >= 11 is 0. The van der Waals surface area contributed by atoms with E-state index in [0.717, 1.165) is 53.4 Å². The third kappa shape index (κ3) is 5.57. The summed E-state index contributed by atoms with van der Waals surface area (Å²) in [5, 5.41) is 17.9. The van der Waals surface area contributed by atoms with E-state index in [1.165, 1.54) is 32.1 Å². The van der Waals surface area contributed by atoms with Gasteiger partial charge in [-0.3, -0.25) is 4.79 Å². The summed E-state index contributed by atoms with van der Waals surface area (Å²) in [6.45, 7) is 2.17. The molecule has 5 nitrogen and oxygen atoms in total. The molecule has 5 heteroatoms. The SMILES string of the molecule is O=C(NCCC1CCCCC1)c1c(C[N+]2([O-])CCCCC2)c(-c2ccccc2)nc2ccccc12. The second kappa shape index (κ2) is 10.9. The minimum atomic E-state index is -0.276. The lowest BCUT2D eigenvalue weighted by molar-refractivity contribution is -0.898. The monoisotopic (exact) mass is 471 g/mol.